The Bertz CT molecular complexity index is 1490. The van der Waals surface area contributed by atoms with Crippen molar-refractivity contribution in [3.8, 4) is 5.75 Å². The van der Waals surface area contributed by atoms with Gasteiger partial charge in [-0.15, -0.1) is 0 Å². The second-order valence-electron chi connectivity index (χ2n) is 10.3. The molecule has 2 amide bonds. The van der Waals surface area contributed by atoms with Crippen LogP contribution in [0.1, 0.15) is 48.7 Å². The number of anilines is 1. The van der Waals surface area contributed by atoms with E-state index < -0.39 is 28.5 Å². The molecule has 3 rings (SSSR count). The molecule has 224 valence electrons. The van der Waals surface area contributed by atoms with E-state index in [-0.39, 0.29) is 36.4 Å². The Kier molecular flexibility index (Phi) is 11.3. The number of carbonyl (C=O) groups is 3. The van der Waals surface area contributed by atoms with Crippen molar-refractivity contribution >= 4 is 33.3 Å². The standard InChI is InChI=1S/C32H39N3O6S/c1-6-23(2)33-32(38)30(19-25-12-8-7-9-13-25)34(21-26-14-10-17-29(18-26)41-4)31(37)22-35(42(5,39)40)28-16-11-15-27(20-28)24(3)36/h7-18,20,23,30H,6,19,21-22H2,1-5H3,(H,33,38)/t23-,30+/m1/s1. The molecular weight excluding hydrogens is 554 g/mol. The van der Waals surface area contributed by atoms with Crippen molar-refractivity contribution in [2.75, 3.05) is 24.2 Å². The zero-order valence-electron chi connectivity index (χ0n) is 24.7. The van der Waals surface area contributed by atoms with Crippen LogP contribution in [0.5, 0.6) is 5.75 Å². The molecule has 0 spiro atoms. The molecule has 0 saturated carbocycles. The summed E-state index contributed by atoms with van der Waals surface area (Å²) in [5.74, 6) is -0.561. The van der Waals surface area contributed by atoms with Crippen molar-refractivity contribution in [1.29, 1.82) is 0 Å². The molecule has 0 bridgehead atoms. The van der Waals surface area contributed by atoms with E-state index in [1.54, 1.807) is 37.4 Å². The van der Waals surface area contributed by atoms with E-state index in [2.05, 4.69) is 5.32 Å². The maximum Gasteiger partial charge on any atom is 0.244 e. The smallest absolute Gasteiger partial charge is 0.244 e. The van der Waals surface area contributed by atoms with E-state index in [9.17, 15) is 22.8 Å². The second kappa shape index (κ2) is 14.6. The highest BCUT2D eigenvalue weighted by molar-refractivity contribution is 7.92. The van der Waals surface area contributed by atoms with Gasteiger partial charge in [-0.2, -0.15) is 0 Å². The fourth-order valence-corrected chi connectivity index (χ4v) is 5.30. The molecule has 0 aliphatic heterocycles. The Morgan fingerprint density at radius 3 is 2.21 bits per heavy atom. The molecule has 0 heterocycles. The van der Waals surface area contributed by atoms with Crippen molar-refractivity contribution in [3.63, 3.8) is 0 Å². The molecule has 0 unspecified atom stereocenters. The molecule has 3 aromatic carbocycles. The van der Waals surface area contributed by atoms with Crippen LogP contribution in [0.4, 0.5) is 5.69 Å². The van der Waals surface area contributed by atoms with Crippen LogP contribution >= 0.6 is 0 Å². The Balaban J connectivity index is 2.09. The summed E-state index contributed by atoms with van der Waals surface area (Å²) in [4.78, 5) is 41.4. The van der Waals surface area contributed by atoms with Crippen LogP contribution in [-0.2, 0) is 32.6 Å². The largest absolute Gasteiger partial charge is 0.497 e. The Hall–Kier alpha value is -4.18. The highest BCUT2D eigenvalue weighted by Crippen LogP contribution is 2.23. The van der Waals surface area contributed by atoms with Crippen LogP contribution in [0.15, 0.2) is 78.9 Å². The summed E-state index contributed by atoms with van der Waals surface area (Å²) in [7, 11) is -2.41. The summed E-state index contributed by atoms with van der Waals surface area (Å²) >= 11 is 0. The minimum Gasteiger partial charge on any atom is -0.497 e. The van der Waals surface area contributed by atoms with Crippen LogP contribution in [0.25, 0.3) is 0 Å². The third kappa shape index (κ3) is 8.91. The SMILES string of the molecule is CC[C@@H](C)NC(=O)[C@H](Cc1ccccc1)N(Cc1cccc(OC)c1)C(=O)CN(c1cccc(C(C)=O)c1)S(C)(=O)=O. The predicted molar refractivity (Wildman–Crippen MR) is 164 cm³/mol. The number of rotatable bonds is 14. The first-order chi connectivity index (χ1) is 19.9. The van der Waals surface area contributed by atoms with Gasteiger partial charge >= 0.3 is 0 Å². The fourth-order valence-electron chi connectivity index (χ4n) is 4.46. The third-order valence-electron chi connectivity index (χ3n) is 6.98. The van der Waals surface area contributed by atoms with Crippen molar-refractivity contribution in [1.82, 2.24) is 10.2 Å². The number of carbonyl (C=O) groups excluding carboxylic acids is 3. The van der Waals surface area contributed by atoms with Gasteiger partial charge in [0.15, 0.2) is 5.78 Å². The zero-order chi connectivity index (χ0) is 30.9. The maximum absolute atomic E-state index is 14.2. The van der Waals surface area contributed by atoms with Crippen LogP contribution in [0.2, 0.25) is 0 Å². The lowest BCUT2D eigenvalue weighted by Gasteiger charge is -2.34. The summed E-state index contributed by atoms with van der Waals surface area (Å²) < 4.78 is 32.3. The molecule has 3 aromatic rings. The van der Waals surface area contributed by atoms with Crippen molar-refractivity contribution in [2.24, 2.45) is 0 Å². The van der Waals surface area contributed by atoms with Crippen LogP contribution in [0.3, 0.4) is 0 Å². The van der Waals surface area contributed by atoms with Gasteiger partial charge in [0.05, 0.1) is 19.1 Å². The molecule has 0 fully saturated rings. The average molecular weight is 594 g/mol. The van der Waals surface area contributed by atoms with E-state index in [4.69, 9.17) is 4.74 Å². The summed E-state index contributed by atoms with van der Waals surface area (Å²) in [6.07, 6.45) is 1.92. The highest BCUT2D eigenvalue weighted by Gasteiger charge is 2.33. The molecule has 0 radical (unpaired) electrons. The van der Waals surface area contributed by atoms with Crippen molar-refractivity contribution in [2.45, 2.75) is 52.2 Å². The number of hydrogen-bond donors (Lipinski definition) is 1. The van der Waals surface area contributed by atoms with Crippen molar-refractivity contribution in [3.05, 3.63) is 95.6 Å². The molecule has 0 aliphatic carbocycles. The number of nitrogens with zero attached hydrogens (tertiary/aromatic N) is 2. The summed E-state index contributed by atoms with van der Waals surface area (Å²) in [6.45, 7) is 4.70. The topological polar surface area (TPSA) is 113 Å². The molecule has 9 nitrogen and oxygen atoms in total. The van der Waals surface area contributed by atoms with Gasteiger partial charge in [0.25, 0.3) is 0 Å². The number of methoxy groups -OCH3 is 1. The molecule has 0 saturated heterocycles. The van der Waals surface area contributed by atoms with Gasteiger partial charge in [0.2, 0.25) is 21.8 Å². The first kappa shape index (κ1) is 32.3. The minimum atomic E-state index is -3.95. The summed E-state index contributed by atoms with van der Waals surface area (Å²) in [6, 6.07) is 21.6. The molecule has 10 heteroatoms. The van der Waals surface area contributed by atoms with Crippen molar-refractivity contribution < 1.29 is 27.5 Å². The lowest BCUT2D eigenvalue weighted by molar-refractivity contribution is -0.140. The molecule has 42 heavy (non-hydrogen) atoms. The number of Topliss-reactive ketones (excluding diaryl/α,β-unsaturated/α-hetero) is 1. The first-order valence-electron chi connectivity index (χ1n) is 13.8. The number of ether oxygens (including phenoxy) is 1. The lowest BCUT2D eigenvalue weighted by atomic mass is 10.0. The molecule has 1 N–H and O–H groups in total. The van der Waals surface area contributed by atoms with Gasteiger partial charge in [-0.05, 0) is 55.7 Å². The number of sulfonamides is 1. The number of amides is 2. The Morgan fingerprint density at radius 2 is 1.60 bits per heavy atom. The number of hydrogen-bond acceptors (Lipinski definition) is 6. The van der Waals surface area contributed by atoms with Crippen LogP contribution in [0, 0.1) is 0 Å². The number of benzene rings is 3. The van der Waals surface area contributed by atoms with E-state index in [1.165, 1.54) is 24.0 Å². The second-order valence-corrected chi connectivity index (χ2v) is 12.2. The van der Waals surface area contributed by atoms with Gasteiger partial charge < -0.3 is 15.0 Å². The van der Waals surface area contributed by atoms with Gasteiger partial charge in [-0.3, -0.25) is 18.7 Å². The summed E-state index contributed by atoms with van der Waals surface area (Å²) in [5, 5.41) is 3.00. The van der Waals surface area contributed by atoms with Gasteiger partial charge in [0, 0.05) is 24.6 Å². The van der Waals surface area contributed by atoms with E-state index in [1.807, 2.05) is 50.2 Å². The quantitative estimate of drug-likeness (QED) is 0.280. The van der Waals surface area contributed by atoms with Gasteiger partial charge in [-0.25, -0.2) is 8.42 Å². The van der Waals surface area contributed by atoms with Gasteiger partial charge in [-0.1, -0.05) is 61.5 Å². The molecular formula is C32H39N3O6S. The molecule has 0 aromatic heterocycles. The van der Waals surface area contributed by atoms with E-state index >= 15 is 0 Å². The normalized spacial score (nSPS) is 12.6. The lowest BCUT2D eigenvalue weighted by Crippen LogP contribution is -2.54. The van der Waals surface area contributed by atoms with Crippen LogP contribution in [-0.4, -0.2) is 62.9 Å². The number of nitrogens with one attached hydrogen (secondary N) is 1. The predicted octanol–water partition coefficient (Wildman–Crippen LogP) is 4.22. The first-order valence-corrected chi connectivity index (χ1v) is 15.6. The molecule has 0 aliphatic rings. The average Bonchev–Trinajstić information content (AvgIpc) is 2.97. The zero-order valence-corrected chi connectivity index (χ0v) is 25.6. The summed E-state index contributed by atoms with van der Waals surface area (Å²) in [5.41, 5.74) is 2.06. The Labute approximate surface area is 248 Å². The monoisotopic (exact) mass is 593 g/mol. The van der Waals surface area contributed by atoms with E-state index in [0.29, 0.717) is 23.3 Å². The van der Waals surface area contributed by atoms with Gasteiger partial charge in [0.1, 0.15) is 18.3 Å². The highest BCUT2D eigenvalue weighted by atomic mass is 32.2. The minimum absolute atomic E-state index is 0.0343. The van der Waals surface area contributed by atoms with Crippen LogP contribution < -0.4 is 14.4 Å². The maximum atomic E-state index is 14.2. The fraction of sp³-hybridized carbons (Fsp3) is 0.344. The molecule has 2 atom stereocenters. The number of ketones is 1. The Morgan fingerprint density at radius 1 is 0.929 bits per heavy atom. The van der Waals surface area contributed by atoms with E-state index in [0.717, 1.165) is 16.1 Å². The third-order valence-corrected chi connectivity index (χ3v) is 8.12.